The quantitative estimate of drug-likeness (QED) is 0.444. The van der Waals surface area contributed by atoms with E-state index in [1.54, 1.807) is 0 Å². The van der Waals surface area contributed by atoms with Gasteiger partial charge < -0.3 is 26.2 Å². The van der Waals surface area contributed by atoms with E-state index in [4.69, 9.17) is 15.6 Å². The third-order valence-corrected chi connectivity index (χ3v) is 3.33. The molecule has 0 aromatic rings. The summed E-state index contributed by atoms with van der Waals surface area (Å²) in [5.41, 5.74) is 4.95. The summed E-state index contributed by atoms with van der Waals surface area (Å²) in [6.07, 6.45) is 4.62. The highest BCUT2D eigenvalue weighted by atomic mass is 16.5. The molecule has 0 bridgehead atoms. The molecule has 120 valence electrons. The number of hydrogen-bond acceptors (Lipinski definition) is 4. The van der Waals surface area contributed by atoms with Gasteiger partial charge in [0.2, 0.25) is 5.91 Å². The number of ether oxygens (including phenoxy) is 1. The van der Waals surface area contributed by atoms with E-state index >= 15 is 0 Å². The van der Waals surface area contributed by atoms with Crippen molar-refractivity contribution in [3.8, 4) is 0 Å². The van der Waals surface area contributed by atoms with Crippen LogP contribution in [-0.4, -0.2) is 48.3 Å². The molecule has 0 aliphatic heterocycles. The molecule has 0 aromatic heterocycles. The summed E-state index contributed by atoms with van der Waals surface area (Å²) in [5, 5.41) is 13.7. The number of carbonyl (C=O) groups excluding carboxylic acids is 2. The highest BCUT2D eigenvalue weighted by Crippen LogP contribution is 2.20. The average Bonchev–Trinajstić information content (AvgIpc) is 2.92. The Morgan fingerprint density at radius 3 is 2.52 bits per heavy atom. The Morgan fingerprint density at radius 1 is 1.29 bits per heavy atom. The topological polar surface area (TPSA) is 131 Å². The maximum Gasteiger partial charge on any atom is 0.326 e. The fraction of sp³-hybridized carbons (Fsp3) is 0.769. The predicted octanol–water partition coefficient (Wildman–Crippen LogP) is -0.0365. The molecular formula is C13H23N3O5. The lowest BCUT2D eigenvalue weighted by atomic mass is 10.1. The Morgan fingerprint density at radius 2 is 1.95 bits per heavy atom. The number of primary amides is 1. The molecule has 3 amide bonds. The fourth-order valence-corrected chi connectivity index (χ4v) is 2.20. The van der Waals surface area contributed by atoms with Crippen molar-refractivity contribution >= 4 is 17.9 Å². The number of carbonyl (C=O) groups is 3. The number of rotatable bonds is 9. The van der Waals surface area contributed by atoms with Gasteiger partial charge in [-0.2, -0.15) is 0 Å². The van der Waals surface area contributed by atoms with Gasteiger partial charge in [0.1, 0.15) is 6.04 Å². The first-order valence-corrected chi connectivity index (χ1v) is 7.16. The van der Waals surface area contributed by atoms with Gasteiger partial charge in [-0.1, -0.05) is 12.8 Å². The SMILES string of the molecule is NC(=O)CC[C@@H](NC(=O)NCCOC1CCCC1)C(=O)O. The molecule has 5 N–H and O–H groups in total. The van der Waals surface area contributed by atoms with Crippen LogP contribution in [0.15, 0.2) is 0 Å². The Bertz CT molecular complexity index is 369. The standard InChI is InChI=1S/C13H23N3O5/c14-11(17)6-5-10(12(18)19)16-13(20)15-7-8-21-9-3-1-2-4-9/h9-10H,1-8H2,(H2,14,17)(H,18,19)(H2,15,16,20)/t10-/m1/s1. The maximum absolute atomic E-state index is 11.5. The molecule has 1 saturated carbocycles. The molecule has 1 aliphatic carbocycles. The minimum Gasteiger partial charge on any atom is -0.480 e. The largest absolute Gasteiger partial charge is 0.480 e. The zero-order valence-corrected chi connectivity index (χ0v) is 12.0. The van der Waals surface area contributed by atoms with Crippen LogP contribution in [0.25, 0.3) is 0 Å². The van der Waals surface area contributed by atoms with Crippen LogP contribution < -0.4 is 16.4 Å². The van der Waals surface area contributed by atoms with Gasteiger partial charge in [0.05, 0.1) is 12.7 Å². The summed E-state index contributed by atoms with van der Waals surface area (Å²) in [6, 6.07) is -1.73. The Labute approximate surface area is 123 Å². The van der Waals surface area contributed by atoms with Gasteiger partial charge in [-0.05, 0) is 19.3 Å². The third-order valence-electron chi connectivity index (χ3n) is 3.33. The second-order valence-corrected chi connectivity index (χ2v) is 5.07. The monoisotopic (exact) mass is 301 g/mol. The Balaban J connectivity index is 2.16. The number of nitrogens with one attached hydrogen (secondary N) is 2. The minimum absolute atomic E-state index is 0.0311. The number of aliphatic carboxylic acids is 1. The van der Waals surface area contributed by atoms with Crippen LogP contribution in [0.4, 0.5) is 4.79 Å². The summed E-state index contributed by atoms with van der Waals surface area (Å²) in [5.74, 6) is -1.80. The van der Waals surface area contributed by atoms with E-state index in [2.05, 4.69) is 10.6 Å². The van der Waals surface area contributed by atoms with Crippen molar-refractivity contribution in [1.82, 2.24) is 10.6 Å². The first kappa shape index (κ1) is 17.2. The molecule has 8 heteroatoms. The lowest BCUT2D eigenvalue weighted by Gasteiger charge is -2.15. The van der Waals surface area contributed by atoms with Gasteiger partial charge >= 0.3 is 12.0 Å². The van der Waals surface area contributed by atoms with E-state index in [0.29, 0.717) is 13.2 Å². The molecule has 0 radical (unpaired) electrons. The second-order valence-electron chi connectivity index (χ2n) is 5.07. The van der Waals surface area contributed by atoms with Gasteiger partial charge in [0.25, 0.3) is 0 Å². The number of nitrogens with two attached hydrogens (primary N) is 1. The average molecular weight is 301 g/mol. The molecule has 0 heterocycles. The van der Waals surface area contributed by atoms with E-state index in [1.807, 2.05) is 0 Å². The van der Waals surface area contributed by atoms with Crippen molar-refractivity contribution in [2.75, 3.05) is 13.2 Å². The highest BCUT2D eigenvalue weighted by molar-refractivity contribution is 5.83. The summed E-state index contributed by atoms with van der Waals surface area (Å²) in [4.78, 5) is 33.1. The smallest absolute Gasteiger partial charge is 0.326 e. The molecule has 0 aromatic carbocycles. The van der Waals surface area contributed by atoms with E-state index < -0.39 is 23.9 Å². The molecule has 0 unspecified atom stereocenters. The summed E-state index contributed by atoms with van der Waals surface area (Å²) < 4.78 is 5.56. The lowest BCUT2D eigenvalue weighted by Crippen LogP contribution is -2.47. The van der Waals surface area contributed by atoms with Gasteiger partial charge in [-0.3, -0.25) is 4.79 Å². The number of hydrogen-bond donors (Lipinski definition) is 4. The van der Waals surface area contributed by atoms with Crippen LogP contribution in [-0.2, 0) is 14.3 Å². The third kappa shape index (κ3) is 7.50. The van der Waals surface area contributed by atoms with Crippen LogP contribution >= 0.6 is 0 Å². The van der Waals surface area contributed by atoms with Crippen LogP contribution in [0.3, 0.4) is 0 Å². The van der Waals surface area contributed by atoms with Crippen LogP contribution in [0, 0.1) is 0 Å². The maximum atomic E-state index is 11.5. The number of amides is 3. The predicted molar refractivity (Wildman–Crippen MR) is 74.6 cm³/mol. The number of urea groups is 1. The van der Waals surface area contributed by atoms with Gasteiger partial charge in [-0.15, -0.1) is 0 Å². The molecule has 21 heavy (non-hydrogen) atoms. The van der Waals surface area contributed by atoms with Gasteiger partial charge in [0, 0.05) is 13.0 Å². The number of carboxylic acids is 1. The fourth-order valence-electron chi connectivity index (χ4n) is 2.20. The Kier molecular flexibility index (Phi) is 7.52. The van der Waals surface area contributed by atoms with Gasteiger partial charge in [0.15, 0.2) is 0 Å². The first-order valence-electron chi connectivity index (χ1n) is 7.16. The normalized spacial score (nSPS) is 16.4. The molecule has 8 nitrogen and oxygen atoms in total. The lowest BCUT2D eigenvalue weighted by molar-refractivity contribution is -0.139. The molecular weight excluding hydrogens is 278 g/mol. The second kappa shape index (κ2) is 9.17. The molecule has 1 rings (SSSR count). The van der Waals surface area contributed by atoms with Gasteiger partial charge in [-0.25, -0.2) is 9.59 Å². The van der Waals surface area contributed by atoms with E-state index in [1.165, 1.54) is 12.8 Å². The van der Waals surface area contributed by atoms with Crippen molar-refractivity contribution in [3.05, 3.63) is 0 Å². The van der Waals surface area contributed by atoms with Crippen molar-refractivity contribution in [2.45, 2.75) is 50.7 Å². The van der Waals surface area contributed by atoms with Crippen LogP contribution in [0.2, 0.25) is 0 Å². The van der Waals surface area contributed by atoms with Crippen molar-refractivity contribution in [2.24, 2.45) is 5.73 Å². The van der Waals surface area contributed by atoms with E-state index in [-0.39, 0.29) is 18.9 Å². The molecule has 1 fully saturated rings. The van der Waals surface area contributed by atoms with E-state index in [9.17, 15) is 14.4 Å². The summed E-state index contributed by atoms with van der Waals surface area (Å²) >= 11 is 0. The highest BCUT2D eigenvalue weighted by Gasteiger charge is 2.20. The van der Waals surface area contributed by atoms with Crippen molar-refractivity contribution in [3.63, 3.8) is 0 Å². The van der Waals surface area contributed by atoms with Crippen molar-refractivity contribution < 1.29 is 24.2 Å². The molecule has 0 spiro atoms. The first-order chi connectivity index (χ1) is 9.99. The van der Waals surface area contributed by atoms with Crippen molar-refractivity contribution in [1.29, 1.82) is 0 Å². The summed E-state index contributed by atoms with van der Waals surface area (Å²) in [6.45, 7) is 0.710. The molecule has 0 saturated heterocycles. The number of carboxylic acid groups (broad SMARTS) is 1. The van der Waals surface area contributed by atoms with Crippen LogP contribution in [0.5, 0.6) is 0 Å². The molecule has 1 aliphatic rings. The summed E-state index contributed by atoms with van der Waals surface area (Å²) in [7, 11) is 0. The van der Waals surface area contributed by atoms with Crippen LogP contribution in [0.1, 0.15) is 38.5 Å². The Hall–Kier alpha value is -1.83. The zero-order valence-electron chi connectivity index (χ0n) is 12.0. The minimum atomic E-state index is -1.20. The van der Waals surface area contributed by atoms with E-state index in [0.717, 1.165) is 12.8 Å². The molecule has 1 atom stereocenters. The zero-order chi connectivity index (χ0) is 15.7.